The smallest absolute Gasteiger partial charge is 0.250 e. The van der Waals surface area contributed by atoms with Crippen LogP contribution in [0.4, 0.5) is 11.4 Å². The van der Waals surface area contributed by atoms with Crippen LogP contribution in [0.25, 0.3) is 16.6 Å². The standard InChI is InChI=1S/C34H45N5OSi/c1-8-24-19-28(40-41(6,7)34(3,4)5)16-17-30(24)38-33(35)29-21-36-39-22-26(25-13-11-12-23(2)18-25)20-31(39)32(29)37-27-14-9-10-15-27/h11-13,16-22,27,37H,8-10,14-15H2,1-7H3,(H2,35,38). The molecule has 2 aromatic carbocycles. The molecular weight excluding hydrogens is 522 g/mol. The molecule has 2 heterocycles. The molecule has 0 unspecified atom stereocenters. The zero-order valence-corrected chi connectivity index (χ0v) is 26.7. The van der Waals surface area contributed by atoms with Gasteiger partial charge >= 0.3 is 0 Å². The first-order chi connectivity index (χ1) is 19.4. The number of hydrogen-bond acceptors (Lipinski definition) is 4. The average Bonchev–Trinajstić information content (AvgIpc) is 3.59. The van der Waals surface area contributed by atoms with Crippen LogP contribution in [-0.4, -0.2) is 29.8 Å². The predicted octanol–water partition coefficient (Wildman–Crippen LogP) is 8.65. The van der Waals surface area contributed by atoms with Crippen molar-refractivity contribution in [3.8, 4) is 16.9 Å². The van der Waals surface area contributed by atoms with Crippen LogP contribution in [0.1, 0.15) is 70.1 Å². The maximum atomic E-state index is 6.79. The molecular formula is C34H45N5OSi. The van der Waals surface area contributed by atoms with Gasteiger partial charge in [0.1, 0.15) is 11.6 Å². The summed E-state index contributed by atoms with van der Waals surface area (Å²) >= 11 is 0. The first-order valence-electron chi connectivity index (χ1n) is 15.0. The van der Waals surface area contributed by atoms with Crippen LogP contribution < -0.4 is 15.5 Å². The van der Waals surface area contributed by atoms with E-state index < -0.39 is 8.32 Å². The molecule has 2 aromatic heterocycles. The fourth-order valence-electron chi connectivity index (χ4n) is 5.31. The quantitative estimate of drug-likeness (QED) is 0.127. The minimum atomic E-state index is -1.94. The number of aliphatic imine (C=N–C) groups is 1. The first-order valence-corrected chi connectivity index (χ1v) is 17.9. The van der Waals surface area contributed by atoms with Crippen molar-refractivity contribution in [3.05, 3.63) is 77.6 Å². The third kappa shape index (κ3) is 6.20. The Balaban J connectivity index is 1.54. The second-order valence-corrected chi connectivity index (χ2v) is 17.7. The Morgan fingerprint density at radius 1 is 1.10 bits per heavy atom. The number of amidine groups is 1. The van der Waals surface area contributed by atoms with E-state index in [0.717, 1.165) is 58.6 Å². The van der Waals surface area contributed by atoms with Crippen molar-refractivity contribution in [2.24, 2.45) is 10.7 Å². The normalized spacial score (nSPS) is 15.0. The van der Waals surface area contributed by atoms with E-state index in [0.29, 0.717) is 11.9 Å². The lowest BCUT2D eigenvalue weighted by atomic mass is 10.1. The maximum absolute atomic E-state index is 6.79. The number of nitrogens with one attached hydrogen (secondary N) is 1. The third-order valence-corrected chi connectivity index (χ3v) is 13.2. The van der Waals surface area contributed by atoms with Crippen molar-refractivity contribution in [1.82, 2.24) is 9.61 Å². The van der Waals surface area contributed by atoms with Gasteiger partial charge in [-0.15, -0.1) is 0 Å². The molecule has 1 aliphatic rings. The van der Waals surface area contributed by atoms with Crippen molar-refractivity contribution in [2.75, 3.05) is 5.32 Å². The average molecular weight is 568 g/mol. The Bertz CT molecular complexity index is 1570. The van der Waals surface area contributed by atoms with Gasteiger partial charge in [0.25, 0.3) is 0 Å². The fourth-order valence-corrected chi connectivity index (χ4v) is 6.34. The second-order valence-electron chi connectivity index (χ2n) is 13.0. The molecule has 0 aliphatic heterocycles. The molecule has 0 saturated heterocycles. The van der Waals surface area contributed by atoms with E-state index in [2.05, 4.69) is 95.6 Å². The number of nitrogens with zero attached hydrogens (tertiary/aromatic N) is 3. The van der Waals surface area contributed by atoms with Gasteiger partial charge in [-0.05, 0) is 79.7 Å². The molecule has 0 atom stereocenters. The zero-order chi connectivity index (χ0) is 29.4. The van der Waals surface area contributed by atoms with Crippen LogP contribution in [0.15, 0.2) is 65.9 Å². The van der Waals surface area contributed by atoms with Gasteiger partial charge in [0.15, 0.2) is 0 Å². The van der Waals surface area contributed by atoms with Crippen molar-refractivity contribution in [1.29, 1.82) is 0 Å². The van der Waals surface area contributed by atoms with Gasteiger partial charge in [0.05, 0.1) is 28.7 Å². The molecule has 0 bridgehead atoms. The SMILES string of the molecule is CCc1cc(O[Si](C)(C)C(C)(C)C)ccc1N=C(N)c1cnn2cc(-c3cccc(C)c3)cc2c1NC1CCCC1. The van der Waals surface area contributed by atoms with Gasteiger partial charge in [-0.25, -0.2) is 9.51 Å². The molecule has 3 N–H and O–H groups in total. The van der Waals surface area contributed by atoms with E-state index in [1.54, 1.807) is 0 Å². The molecule has 41 heavy (non-hydrogen) atoms. The first kappa shape index (κ1) is 28.9. The number of anilines is 1. The molecule has 6 nitrogen and oxygen atoms in total. The number of fused-ring (bicyclic) bond motifs is 1. The highest BCUT2D eigenvalue weighted by Crippen LogP contribution is 2.38. The molecule has 216 valence electrons. The van der Waals surface area contributed by atoms with Gasteiger partial charge in [0.2, 0.25) is 8.32 Å². The second kappa shape index (κ2) is 11.4. The Hall–Kier alpha value is -3.58. The summed E-state index contributed by atoms with van der Waals surface area (Å²) in [5.74, 6) is 1.38. The highest BCUT2D eigenvalue weighted by Gasteiger charge is 2.39. The lowest BCUT2D eigenvalue weighted by molar-refractivity contribution is 0.492. The van der Waals surface area contributed by atoms with Crippen LogP contribution >= 0.6 is 0 Å². The Morgan fingerprint density at radius 3 is 2.54 bits per heavy atom. The van der Waals surface area contributed by atoms with E-state index >= 15 is 0 Å². The molecule has 0 spiro atoms. The van der Waals surface area contributed by atoms with Crippen LogP contribution in [0.5, 0.6) is 5.75 Å². The molecule has 4 aromatic rings. The number of aromatic nitrogens is 2. The summed E-state index contributed by atoms with van der Waals surface area (Å²) in [7, 11) is -1.94. The van der Waals surface area contributed by atoms with Crippen molar-refractivity contribution in [3.63, 3.8) is 0 Å². The van der Waals surface area contributed by atoms with Crippen molar-refractivity contribution in [2.45, 2.75) is 90.9 Å². The monoisotopic (exact) mass is 567 g/mol. The summed E-state index contributed by atoms with van der Waals surface area (Å²) < 4.78 is 8.53. The summed E-state index contributed by atoms with van der Waals surface area (Å²) in [6.07, 6.45) is 9.59. The van der Waals surface area contributed by atoms with E-state index in [9.17, 15) is 0 Å². The number of benzene rings is 2. The molecule has 1 aliphatic carbocycles. The van der Waals surface area contributed by atoms with Crippen molar-refractivity contribution >= 4 is 31.0 Å². The van der Waals surface area contributed by atoms with Crippen LogP contribution in [0.2, 0.25) is 18.1 Å². The summed E-state index contributed by atoms with van der Waals surface area (Å²) in [6.45, 7) is 15.6. The van der Waals surface area contributed by atoms with Crippen LogP contribution in [-0.2, 0) is 6.42 Å². The van der Waals surface area contributed by atoms with E-state index in [4.69, 9.17) is 20.3 Å². The van der Waals surface area contributed by atoms with Crippen molar-refractivity contribution < 1.29 is 4.43 Å². The zero-order valence-electron chi connectivity index (χ0n) is 25.7. The molecule has 5 rings (SSSR count). The minimum Gasteiger partial charge on any atom is -0.543 e. The van der Waals surface area contributed by atoms with E-state index in [1.165, 1.54) is 24.0 Å². The molecule has 0 amide bonds. The van der Waals surface area contributed by atoms with Gasteiger partial charge in [-0.3, -0.25) is 0 Å². The topological polar surface area (TPSA) is 76.9 Å². The van der Waals surface area contributed by atoms with Gasteiger partial charge in [0, 0.05) is 17.8 Å². The van der Waals surface area contributed by atoms with E-state index in [1.807, 2.05) is 22.8 Å². The largest absolute Gasteiger partial charge is 0.543 e. The fraction of sp³-hybridized carbons (Fsp3) is 0.412. The number of hydrogen-bond donors (Lipinski definition) is 2. The maximum Gasteiger partial charge on any atom is 0.250 e. The Kier molecular flexibility index (Phi) is 8.01. The van der Waals surface area contributed by atoms with Crippen LogP contribution in [0, 0.1) is 6.92 Å². The summed E-state index contributed by atoms with van der Waals surface area (Å²) in [6, 6.07) is 17.4. The van der Waals surface area contributed by atoms with Crippen LogP contribution in [0.3, 0.4) is 0 Å². The van der Waals surface area contributed by atoms with Gasteiger partial charge < -0.3 is 15.5 Å². The molecule has 7 heteroatoms. The third-order valence-electron chi connectivity index (χ3n) is 8.82. The van der Waals surface area contributed by atoms with E-state index in [-0.39, 0.29) is 5.04 Å². The molecule has 1 fully saturated rings. The molecule has 0 radical (unpaired) electrons. The number of rotatable bonds is 8. The summed E-state index contributed by atoms with van der Waals surface area (Å²) in [5, 5.41) is 8.74. The Labute approximate surface area is 246 Å². The summed E-state index contributed by atoms with van der Waals surface area (Å²) in [5.41, 5.74) is 15.2. The number of nitrogens with two attached hydrogens (primary N) is 1. The Morgan fingerprint density at radius 2 is 1.85 bits per heavy atom. The highest BCUT2D eigenvalue weighted by atomic mass is 28.4. The van der Waals surface area contributed by atoms with Gasteiger partial charge in [-0.1, -0.05) is 70.4 Å². The highest BCUT2D eigenvalue weighted by molar-refractivity contribution is 6.74. The predicted molar refractivity (Wildman–Crippen MR) is 175 cm³/mol. The minimum absolute atomic E-state index is 0.132. The lowest BCUT2D eigenvalue weighted by Gasteiger charge is -2.36. The van der Waals surface area contributed by atoms with Gasteiger partial charge in [-0.2, -0.15) is 5.10 Å². The summed E-state index contributed by atoms with van der Waals surface area (Å²) in [4.78, 5) is 4.97. The molecule has 1 saturated carbocycles. The number of aryl methyl sites for hydroxylation is 2. The lowest BCUT2D eigenvalue weighted by Crippen LogP contribution is -2.43.